The molecule has 0 spiro atoms. The van der Waals surface area contributed by atoms with E-state index in [1.54, 1.807) is 44.2 Å². The summed E-state index contributed by atoms with van der Waals surface area (Å²) < 4.78 is 42.0. The highest BCUT2D eigenvalue weighted by atomic mass is 31.2. The number of benzene rings is 1. The number of hydrogen-bond donors (Lipinski definition) is 3. The Kier molecular flexibility index (Phi) is 9.60. The Balaban J connectivity index is 1.70. The normalized spacial score (nSPS) is 23.4. The molecule has 1 aliphatic heterocycles. The smallest absolute Gasteiger partial charge is 0.458 e. The van der Waals surface area contributed by atoms with Crippen LogP contribution in [0, 0.1) is 5.92 Å². The molecule has 2 heterocycles. The fraction of sp³-hybridized carbons (Fsp3) is 0.500. The molecule has 4 N–H and O–H groups in total. The summed E-state index contributed by atoms with van der Waals surface area (Å²) in [7, 11) is -2.66. The molecule has 1 fully saturated rings. The van der Waals surface area contributed by atoms with Crippen LogP contribution in [0.5, 0.6) is 5.75 Å². The van der Waals surface area contributed by atoms with E-state index in [9.17, 15) is 19.3 Å². The SMILES string of the molecule is COC1C(O)[C@@H](COP(=O)(NCCOC(=O)C(C)C)Oc2ccccc2)O[C@H]1n1ccc(N)nc1=O. The van der Waals surface area contributed by atoms with Gasteiger partial charge in [-0.05, 0) is 18.2 Å². The van der Waals surface area contributed by atoms with Crippen LogP contribution in [-0.2, 0) is 28.1 Å². The summed E-state index contributed by atoms with van der Waals surface area (Å²) >= 11 is 0. The molecule has 13 nitrogen and oxygen atoms in total. The van der Waals surface area contributed by atoms with Gasteiger partial charge >= 0.3 is 19.4 Å². The van der Waals surface area contributed by atoms with E-state index in [4.69, 9.17) is 29.0 Å². The number of nitrogens with zero attached hydrogens (tertiary/aromatic N) is 2. The zero-order valence-corrected chi connectivity index (χ0v) is 21.1. The average Bonchev–Trinajstić information content (AvgIpc) is 3.16. The molecule has 1 saturated heterocycles. The summed E-state index contributed by atoms with van der Waals surface area (Å²) in [5.41, 5.74) is 4.85. The number of esters is 1. The first-order valence-corrected chi connectivity index (χ1v) is 12.8. The van der Waals surface area contributed by atoms with Gasteiger partial charge in [0.05, 0.1) is 12.5 Å². The van der Waals surface area contributed by atoms with Crippen LogP contribution >= 0.6 is 7.75 Å². The number of nitrogen functional groups attached to an aromatic ring is 1. The number of aliphatic hydroxyl groups excluding tert-OH is 1. The van der Waals surface area contributed by atoms with E-state index < -0.39 is 43.9 Å². The van der Waals surface area contributed by atoms with E-state index in [2.05, 4.69) is 10.1 Å². The zero-order valence-electron chi connectivity index (χ0n) is 20.2. The van der Waals surface area contributed by atoms with Crippen LogP contribution in [0.25, 0.3) is 0 Å². The van der Waals surface area contributed by atoms with Crippen LogP contribution in [0.2, 0.25) is 0 Å². The number of aliphatic hydroxyl groups is 1. The third-order valence-corrected chi connectivity index (χ3v) is 6.76. The van der Waals surface area contributed by atoms with Crippen LogP contribution in [0.4, 0.5) is 5.82 Å². The number of nitrogens with two attached hydrogens (primary N) is 1. The second-order valence-corrected chi connectivity index (χ2v) is 9.98. The largest absolute Gasteiger partial charge is 0.464 e. The summed E-state index contributed by atoms with van der Waals surface area (Å²) in [5.74, 6) is -0.400. The molecule has 1 aromatic heterocycles. The first kappa shape index (κ1) is 27.8. The van der Waals surface area contributed by atoms with Gasteiger partial charge < -0.3 is 29.6 Å². The Morgan fingerprint density at radius 1 is 1.31 bits per heavy atom. The molecule has 0 saturated carbocycles. The maximum Gasteiger partial charge on any atom is 0.458 e. The van der Waals surface area contributed by atoms with Crippen molar-refractivity contribution in [3.05, 3.63) is 53.1 Å². The predicted octanol–water partition coefficient (Wildman–Crippen LogP) is 1.09. The van der Waals surface area contributed by atoms with Gasteiger partial charge in [0.1, 0.15) is 36.5 Å². The van der Waals surface area contributed by atoms with Gasteiger partial charge in [0.25, 0.3) is 0 Å². The molecule has 1 aromatic carbocycles. The Morgan fingerprint density at radius 3 is 2.67 bits per heavy atom. The van der Waals surface area contributed by atoms with Crippen molar-refractivity contribution in [1.82, 2.24) is 14.6 Å². The fourth-order valence-electron chi connectivity index (χ4n) is 3.35. The van der Waals surface area contributed by atoms with E-state index >= 15 is 0 Å². The Morgan fingerprint density at radius 2 is 2.03 bits per heavy atom. The number of methoxy groups -OCH3 is 1. The number of anilines is 1. The van der Waals surface area contributed by atoms with Gasteiger partial charge in [-0.2, -0.15) is 4.98 Å². The molecule has 1 aliphatic rings. The van der Waals surface area contributed by atoms with Crippen molar-refractivity contribution < 1.29 is 37.7 Å². The van der Waals surface area contributed by atoms with Gasteiger partial charge in [-0.15, -0.1) is 0 Å². The number of aromatic nitrogens is 2. The lowest BCUT2D eigenvalue weighted by atomic mass is 10.1. The van der Waals surface area contributed by atoms with E-state index in [-0.39, 0.29) is 37.2 Å². The van der Waals surface area contributed by atoms with Gasteiger partial charge in [0, 0.05) is 19.9 Å². The third kappa shape index (κ3) is 7.12. The Bertz CT molecular complexity index is 1110. The molecular formula is C22H31N4O9P. The van der Waals surface area contributed by atoms with Crippen molar-refractivity contribution in [2.45, 2.75) is 38.4 Å². The number of para-hydroxylation sites is 1. The number of carbonyl (C=O) groups excluding carboxylic acids is 1. The van der Waals surface area contributed by atoms with E-state index in [0.29, 0.717) is 0 Å². The molecule has 5 atom stereocenters. The van der Waals surface area contributed by atoms with Crippen LogP contribution < -0.4 is 21.0 Å². The van der Waals surface area contributed by atoms with Gasteiger partial charge in [0.2, 0.25) is 0 Å². The van der Waals surface area contributed by atoms with Crippen molar-refractivity contribution in [3.63, 3.8) is 0 Å². The first-order valence-electron chi connectivity index (χ1n) is 11.3. The standard InChI is InChI=1S/C22H31N4O9P/c1-14(2)21(28)32-12-10-24-36(30,35-15-7-5-4-6-8-15)33-13-16-18(27)19(31-3)20(34-16)26-11-9-17(23)25-22(26)29/h4-9,11,14,16,18-20,27H,10,12-13H2,1-3H3,(H,24,30)(H2,23,25,29)/t16-,18?,19?,20-,36?/m1/s1. The molecule has 0 bridgehead atoms. The highest BCUT2D eigenvalue weighted by molar-refractivity contribution is 7.52. The van der Waals surface area contributed by atoms with Crippen molar-refractivity contribution in [2.75, 3.05) is 32.6 Å². The van der Waals surface area contributed by atoms with E-state index in [0.717, 1.165) is 4.57 Å². The van der Waals surface area contributed by atoms with Gasteiger partial charge in [-0.25, -0.2) is 14.4 Å². The minimum Gasteiger partial charge on any atom is -0.464 e. The van der Waals surface area contributed by atoms with Crippen molar-refractivity contribution in [1.29, 1.82) is 0 Å². The van der Waals surface area contributed by atoms with Gasteiger partial charge in [-0.3, -0.25) is 13.9 Å². The van der Waals surface area contributed by atoms with Crippen LogP contribution in [0.1, 0.15) is 20.1 Å². The summed E-state index contributed by atoms with van der Waals surface area (Å²) in [6.45, 7) is 2.94. The third-order valence-electron chi connectivity index (χ3n) is 5.21. The number of ether oxygens (including phenoxy) is 3. The molecule has 3 unspecified atom stereocenters. The first-order chi connectivity index (χ1) is 17.1. The summed E-state index contributed by atoms with van der Waals surface area (Å²) in [5, 5.41) is 13.4. The molecule has 198 valence electrons. The van der Waals surface area contributed by atoms with Crippen molar-refractivity contribution in [2.24, 2.45) is 5.92 Å². The second-order valence-electron chi connectivity index (χ2n) is 8.23. The topological polar surface area (TPSA) is 173 Å². The summed E-state index contributed by atoms with van der Waals surface area (Å²) in [6, 6.07) is 9.74. The quantitative estimate of drug-likeness (QED) is 0.204. The second kappa shape index (κ2) is 12.4. The van der Waals surface area contributed by atoms with Crippen LogP contribution in [0.15, 0.2) is 47.4 Å². The highest BCUT2D eigenvalue weighted by Gasteiger charge is 2.46. The molecule has 2 aromatic rings. The van der Waals surface area contributed by atoms with E-state index in [1.165, 1.54) is 19.4 Å². The molecule has 14 heteroatoms. The minimum absolute atomic E-state index is 0.0214. The molecule has 3 rings (SSSR count). The zero-order chi connectivity index (χ0) is 26.3. The van der Waals surface area contributed by atoms with Gasteiger partial charge in [0.15, 0.2) is 6.23 Å². The van der Waals surface area contributed by atoms with E-state index in [1.807, 2.05) is 0 Å². The number of hydrogen-bond acceptors (Lipinski definition) is 11. The molecular weight excluding hydrogens is 495 g/mol. The molecule has 0 aliphatic carbocycles. The molecule has 36 heavy (non-hydrogen) atoms. The average molecular weight is 526 g/mol. The lowest BCUT2D eigenvalue weighted by Gasteiger charge is -2.22. The summed E-state index contributed by atoms with van der Waals surface area (Å²) in [6.07, 6.45) is -2.86. The minimum atomic E-state index is -4.01. The lowest BCUT2D eigenvalue weighted by Crippen LogP contribution is -2.37. The molecule has 0 amide bonds. The monoisotopic (exact) mass is 526 g/mol. The van der Waals surface area contributed by atoms with Gasteiger partial charge in [-0.1, -0.05) is 32.0 Å². The Hall–Kier alpha value is -2.80. The lowest BCUT2D eigenvalue weighted by molar-refractivity contribution is -0.147. The number of carbonyl (C=O) groups is 1. The van der Waals surface area contributed by atoms with Crippen LogP contribution in [-0.4, -0.2) is 65.8 Å². The number of rotatable bonds is 12. The molecule has 0 radical (unpaired) electrons. The van der Waals surface area contributed by atoms with Crippen LogP contribution in [0.3, 0.4) is 0 Å². The predicted molar refractivity (Wildman–Crippen MR) is 128 cm³/mol. The Labute approximate surface area is 208 Å². The number of nitrogens with one attached hydrogen (secondary N) is 1. The maximum absolute atomic E-state index is 13.5. The maximum atomic E-state index is 13.5. The highest BCUT2D eigenvalue weighted by Crippen LogP contribution is 2.45. The summed E-state index contributed by atoms with van der Waals surface area (Å²) in [4.78, 5) is 27.6. The van der Waals surface area contributed by atoms with Crippen molar-refractivity contribution in [3.8, 4) is 5.75 Å². The van der Waals surface area contributed by atoms with Crippen molar-refractivity contribution >= 4 is 19.5 Å². The fourth-order valence-corrected chi connectivity index (χ4v) is 4.67.